The molecule has 2 aromatic carbocycles. The quantitative estimate of drug-likeness (QED) is 0.345. The maximum Gasteiger partial charge on any atom is 0.416 e. The molecule has 2 rings (SSSR count). The van der Waals surface area contributed by atoms with Crippen LogP contribution >= 0.6 is 11.6 Å². The van der Waals surface area contributed by atoms with Crippen molar-refractivity contribution in [1.82, 2.24) is 0 Å². The number of nitrogens with zero attached hydrogens (tertiary/aromatic N) is 2. The largest absolute Gasteiger partial charge is 0.478 e. The Morgan fingerprint density at radius 1 is 1.29 bits per heavy atom. The van der Waals surface area contributed by atoms with Crippen molar-refractivity contribution in [3.8, 4) is 11.5 Å². The molecule has 31 heavy (non-hydrogen) atoms. The molecule has 0 heterocycles. The van der Waals surface area contributed by atoms with Gasteiger partial charge in [-0.2, -0.15) is 13.2 Å². The summed E-state index contributed by atoms with van der Waals surface area (Å²) in [4.78, 5) is 25.0. The van der Waals surface area contributed by atoms with Crippen LogP contribution in [-0.2, 0) is 15.7 Å². The highest BCUT2D eigenvalue weighted by Crippen LogP contribution is 2.37. The van der Waals surface area contributed by atoms with E-state index in [0.717, 1.165) is 30.3 Å². The number of carboxylic acid groups (broad SMARTS) is 1. The number of nitro groups is 1. The number of aliphatic carboxylic acids is 1. The number of hydrogen-bond donors (Lipinski definition) is 2. The van der Waals surface area contributed by atoms with E-state index in [1.165, 1.54) is 7.11 Å². The molecule has 0 aliphatic rings. The highest BCUT2D eigenvalue weighted by molar-refractivity contribution is 6.32. The SMILES string of the molecule is COCC(=NC(O)C(=O)O)c1cc(Oc2ccc(C(F)(F)F)cc2Cl)ccc1[N+](=O)[O-]. The van der Waals surface area contributed by atoms with Crippen LogP contribution in [0.4, 0.5) is 18.9 Å². The zero-order chi connectivity index (χ0) is 23.3. The third-order valence-corrected chi connectivity index (χ3v) is 4.04. The fourth-order valence-corrected chi connectivity index (χ4v) is 2.60. The first-order valence-electron chi connectivity index (χ1n) is 8.24. The standard InChI is InChI=1S/C18H14ClF3N2O7/c1-30-8-13(23-16(25)17(26)27)11-7-10(3-4-14(11)24(28)29)31-15-5-2-9(6-12(15)19)18(20,21)22/h2-7,16,25H,8H2,1H3,(H,26,27). The van der Waals surface area contributed by atoms with Crippen molar-refractivity contribution in [2.24, 2.45) is 4.99 Å². The van der Waals surface area contributed by atoms with Gasteiger partial charge in [-0.15, -0.1) is 0 Å². The molecule has 0 aromatic heterocycles. The number of hydrogen-bond acceptors (Lipinski definition) is 7. The highest BCUT2D eigenvalue weighted by Gasteiger charge is 2.31. The van der Waals surface area contributed by atoms with Crippen LogP contribution in [0.5, 0.6) is 11.5 Å². The van der Waals surface area contributed by atoms with Crippen LogP contribution in [0.1, 0.15) is 11.1 Å². The summed E-state index contributed by atoms with van der Waals surface area (Å²) in [5.41, 5.74) is -1.99. The minimum absolute atomic E-state index is 0.0733. The Balaban J connectivity index is 2.50. The van der Waals surface area contributed by atoms with E-state index in [1.807, 2.05) is 0 Å². The van der Waals surface area contributed by atoms with Crippen molar-refractivity contribution < 1.29 is 42.6 Å². The van der Waals surface area contributed by atoms with Crippen molar-refractivity contribution in [1.29, 1.82) is 0 Å². The lowest BCUT2D eigenvalue weighted by molar-refractivity contribution is -0.385. The normalized spacial score (nSPS) is 13.0. The molecule has 0 spiro atoms. The first kappa shape index (κ1) is 24.1. The number of alkyl halides is 3. The van der Waals surface area contributed by atoms with Gasteiger partial charge in [0.2, 0.25) is 6.23 Å². The van der Waals surface area contributed by atoms with Crippen LogP contribution in [0.25, 0.3) is 0 Å². The number of aliphatic hydroxyl groups excluding tert-OH is 1. The van der Waals surface area contributed by atoms with Gasteiger partial charge in [-0.05, 0) is 30.3 Å². The Hall–Kier alpha value is -3.22. The molecule has 0 bridgehead atoms. The van der Waals surface area contributed by atoms with Crippen LogP contribution < -0.4 is 4.74 Å². The third-order valence-electron chi connectivity index (χ3n) is 3.74. The minimum Gasteiger partial charge on any atom is -0.478 e. The monoisotopic (exact) mass is 462 g/mol. The van der Waals surface area contributed by atoms with Gasteiger partial charge in [0.1, 0.15) is 11.5 Å². The number of carbonyl (C=O) groups is 1. The number of methoxy groups -OCH3 is 1. The first-order chi connectivity index (χ1) is 14.4. The van der Waals surface area contributed by atoms with Gasteiger partial charge in [0.05, 0.1) is 33.4 Å². The van der Waals surface area contributed by atoms with Crippen molar-refractivity contribution >= 4 is 29.0 Å². The molecule has 0 amide bonds. The average Bonchev–Trinajstić information content (AvgIpc) is 2.68. The molecule has 2 N–H and O–H groups in total. The lowest BCUT2D eigenvalue weighted by Gasteiger charge is -2.13. The molecule has 1 unspecified atom stereocenters. The first-order valence-corrected chi connectivity index (χ1v) is 8.61. The molecule has 9 nitrogen and oxygen atoms in total. The van der Waals surface area contributed by atoms with Gasteiger partial charge in [0.25, 0.3) is 5.69 Å². The van der Waals surface area contributed by atoms with Crippen LogP contribution in [0.15, 0.2) is 41.4 Å². The minimum atomic E-state index is -4.61. The number of aliphatic hydroxyl groups is 1. The zero-order valence-corrected chi connectivity index (χ0v) is 16.3. The number of halogens is 4. The Bertz CT molecular complexity index is 1030. The van der Waals surface area contributed by atoms with Crippen molar-refractivity contribution in [2.45, 2.75) is 12.4 Å². The van der Waals surface area contributed by atoms with E-state index < -0.39 is 41.2 Å². The topological polar surface area (TPSA) is 131 Å². The smallest absolute Gasteiger partial charge is 0.416 e. The molecule has 0 fully saturated rings. The molecule has 0 saturated carbocycles. The zero-order valence-electron chi connectivity index (χ0n) is 15.6. The van der Waals surface area contributed by atoms with E-state index in [1.54, 1.807) is 0 Å². The van der Waals surface area contributed by atoms with Crippen LogP contribution in [-0.4, -0.2) is 46.8 Å². The number of ether oxygens (including phenoxy) is 2. The number of aliphatic imine (C=N–C) groups is 1. The summed E-state index contributed by atoms with van der Waals surface area (Å²) in [5, 5.41) is 29.3. The second kappa shape index (κ2) is 9.73. The number of nitro benzene ring substituents is 1. The molecule has 0 aliphatic carbocycles. The molecule has 1 atom stereocenters. The van der Waals surface area contributed by atoms with Gasteiger partial charge in [0, 0.05) is 13.2 Å². The van der Waals surface area contributed by atoms with Crippen LogP contribution in [0.2, 0.25) is 5.02 Å². The maximum atomic E-state index is 12.8. The fraction of sp³-hybridized carbons (Fsp3) is 0.222. The van der Waals surface area contributed by atoms with Crippen LogP contribution in [0.3, 0.4) is 0 Å². The second-order valence-corrected chi connectivity index (χ2v) is 6.31. The third kappa shape index (κ3) is 6.13. The fourth-order valence-electron chi connectivity index (χ4n) is 2.38. The Morgan fingerprint density at radius 2 is 1.97 bits per heavy atom. The van der Waals surface area contributed by atoms with Crippen molar-refractivity contribution in [3.05, 3.63) is 62.7 Å². The molecule has 2 aromatic rings. The highest BCUT2D eigenvalue weighted by atomic mass is 35.5. The van der Waals surface area contributed by atoms with E-state index in [4.69, 9.17) is 26.2 Å². The predicted molar refractivity (Wildman–Crippen MR) is 102 cm³/mol. The van der Waals surface area contributed by atoms with Crippen molar-refractivity contribution in [2.75, 3.05) is 13.7 Å². The summed E-state index contributed by atoms with van der Waals surface area (Å²) in [6.45, 7) is -0.393. The second-order valence-electron chi connectivity index (χ2n) is 5.90. The lowest BCUT2D eigenvalue weighted by Crippen LogP contribution is -2.22. The predicted octanol–water partition coefficient (Wildman–Crippen LogP) is 3.90. The summed E-state index contributed by atoms with van der Waals surface area (Å²) >= 11 is 5.85. The van der Waals surface area contributed by atoms with Gasteiger partial charge in [0.15, 0.2) is 0 Å². The van der Waals surface area contributed by atoms with Gasteiger partial charge in [-0.1, -0.05) is 11.6 Å². The Labute approximate surface area is 177 Å². The van der Waals surface area contributed by atoms with E-state index in [2.05, 4.69) is 4.99 Å². The van der Waals surface area contributed by atoms with Gasteiger partial charge < -0.3 is 19.7 Å². The molecule has 13 heteroatoms. The Kier molecular flexibility index (Phi) is 7.55. The summed E-state index contributed by atoms with van der Waals surface area (Å²) in [6.07, 6.45) is -6.82. The molecule has 0 saturated heterocycles. The van der Waals surface area contributed by atoms with Crippen molar-refractivity contribution in [3.63, 3.8) is 0 Å². The molecule has 0 radical (unpaired) electrons. The van der Waals surface area contributed by atoms with Gasteiger partial charge in [-0.3, -0.25) is 10.1 Å². The summed E-state index contributed by atoms with van der Waals surface area (Å²) in [5.74, 6) is -1.93. The molecule has 0 aliphatic heterocycles. The van der Waals surface area contributed by atoms with E-state index in [0.29, 0.717) is 6.07 Å². The van der Waals surface area contributed by atoms with E-state index in [-0.39, 0.29) is 27.8 Å². The molecular formula is C18H14ClF3N2O7. The van der Waals surface area contributed by atoms with Gasteiger partial charge in [-0.25, -0.2) is 9.79 Å². The summed E-state index contributed by atoms with van der Waals surface area (Å²) in [7, 11) is 1.22. The number of carboxylic acids is 1. The van der Waals surface area contributed by atoms with E-state index >= 15 is 0 Å². The summed E-state index contributed by atoms with van der Waals surface area (Å²) in [6, 6.07) is 5.65. The lowest BCUT2D eigenvalue weighted by atomic mass is 10.1. The molecule has 166 valence electrons. The number of rotatable bonds is 8. The van der Waals surface area contributed by atoms with E-state index in [9.17, 15) is 33.2 Å². The van der Waals surface area contributed by atoms with Crippen LogP contribution in [0, 0.1) is 10.1 Å². The maximum absolute atomic E-state index is 12.8. The average molecular weight is 463 g/mol. The summed E-state index contributed by atoms with van der Waals surface area (Å²) < 4.78 is 48.6. The number of benzene rings is 2. The molecular weight excluding hydrogens is 449 g/mol. The Morgan fingerprint density at radius 3 is 2.48 bits per heavy atom. The van der Waals surface area contributed by atoms with Gasteiger partial charge >= 0.3 is 12.1 Å².